The van der Waals surface area contributed by atoms with Crippen molar-refractivity contribution in [2.75, 3.05) is 7.11 Å². The number of carbonyl (C=O) groups is 2. The molecule has 1 rings (SSSR count). The van der Waals surface area contributed by atoms with E-state index in [0.29, 0.717) is 12.8 Å². The number of carboxylic acids is 1. The predicted molar refractivity (Wildman–Crippen MR) is 92.4 cm³/mol. The summed E-state index contributed by atoms with van der Waals surface area (Å²) in [5.74, 6) is -1.07. The van der Waals surface area contributed by atoms with E-state index in [1.807, 2.05) is 52.0 Å². The van der Waals surface area contributed by atoms with Crippen LogP contribution in [-0.4, -0.2) is 24.2 Å². The van der Waals surface area contributed by atoms with Crippen LogP contribution in [0, 0.1) is 10.8 Å². The molecule has 0 saturated carbocycles. The molecule has 4 nitrogen and oxygen atoms in total. The Balaban J connectivity index is 0.00000232. The molecule has 0 radical (unpaired) electrons. The predicted octanol–water partition coefficient (Wildman–Crippen LogP) is 4.11. The molecular formula is C19H30O4. The van der Waals surface area contributed by atoms with E-state index in [9.17, 15) is 14.7 Å². The Bertz CT molecular complexity index is 530. The highest BCUT2D eigenvalue weighted by atomic mass is 16.5. The lowest BCUT2D eigenvalue weighted by atomic mass is 9.83. The first kappa shape index (κ1) is 21.2. The van der Waals surface area contributed by atoms with Crippen molar-refractivity contribution >= 4 is 11.9 Å². The number of esters is 1. The second kappa shape index (κ2) is 8.70. The number of hydrogen-bond donors (Lipinski definition) is 1. The number of benzene rings is 1. The summed E-state index contributed by atoms with van der Waals surface area (Å²) in [7, 11) is 1.38. The highest BCUT2D eigenvalue weighted by Crippen LogP contribution is 2.26. The van der Waals surface area contributed by atoms with Crippen LogP contribution in [0.4, 0.5) is 0 Å². The number of hydrogen-bond acceptors (Lipinski definition) is 3. The van der Waals surface area contributed by atoms with E-state index in [1.54, 1.807) is 13.8 Å². The first-order valence-electron chi connectivity index (χ1n) is 7.98. The molecule has 1 N–H and O–H groups in total. The van der Waals surface area contributed by atoms with E-state index < -0.39 is 16.8 Å². The third-order valence-corrected chi connectivity index (χ3v) is 3.60. The van der Waals surface area contributed by atoms with Gasteiger partial charge in [-0.1, -0.05) is 38.1 Å². The first-order chi connectivity index (χ1) is 10.6. The summed E-state index contributed by atoms with van der Waals surface area (Å²) in [5.41, 5.74) is 0.552. The molecule has 0 heterocycles. The number of aliphatic carboxylic acids is 1. The van der Waals surface area contributed by atoms with Crippen LogP contribution in [-0.2, 0) is 27.2 Å². The number of ether oxygens (including phenoxy) is 1. The fourth-order valence-electron chi connectivity index (χ4n) is 2.29. The molecule has 0 aromatic heterocycles. The average Bonchev–Trinajstić information content (AvgIpc) is 2.47. The Morgan fingerprint density at radius 1 is 1.00 bits per heavy atom. The van der Waals surface area contributed by atoms with E-state index in [2.05, 4.69) is 0 Å². The van der Waals surface area contributed by atoms with Crippen LogP contribution in [0.3, 0.4) is 0 Å². The van der Waals surface area contributed by atoms with Gasteiger partial charge in [0.2, 0.25) is 0 Å². The van der Waals surface area contributed by atoms with E-state index >= 15 is 0 Å². The molecule has 0 aliphatic heterocycles. The van der Waals surface area contributed by atoms with Crippen molar-refractivity contribution in [2.24, 2.45) is 10.8 Å². The van der Waals surface area contributed by atoms with E-state index in [4.69, 9.17) is 4.74 Å². The molecule has 1 aromatic carbocycles. The van der Waals surface area contributed by atoms with Gasteiger partial charge in [0, 0.05) is 0 Å². The lowest BCUT2D eigenvalue weighted by Crippen LogP contribution is -2.28. The molecule has 0 saturated heterocycles. The highest BCUT2D eigenvalue weighted by Gasteiger charge is 2.30. The van der Waals surface area contributed by atoms with Gasteiger partial charge >= 0.3 is 11.9 Å². The Labute approximate surface area is 139 Å². The van der Waals surface area contributed by atoms with Crippen molar-refractivity contribution in [3.05, 3.63) is 35.4 Å². The molecule has 0 unspecified atom stereocenters. The Morgan fingerprint density at radius 3 is 1.83 bits per heavy atom. The number of methoxy groups -OCH3 is 1. The van der Waals surface area contributed by atoms with E-state index in [-0.39, 0.29) is 5.97 Å². The molecule has 0 spiro atoms. The van der Waals surface area contributed by atoms with Gasteiger partial charge in [-0.3, -0.25) is 9.59 Å². The molecule has 0 aliphatic carbocycles. The first-order valence-corrected chi connectivity index (χ1v) is 7.98. The minimum atomic E-state index is -0.817. The van der Waals surface area contributed by atoms with Gasteiger partial charge in [-0.25, -0.2) is 0 Å². The summed E-state index contributed by atoms with van der Waals surface area (Å²) in [4.78, 5) is 22.9. The fraction of sp³-hybridized carbons (Fsp3) is 0.579. The Kier molecular flexibility index (Phi) is 8.01. The van der Waals surface area contributed by atoms with Gasteiger partial charge in [-0.05, 0) is 51.7 Å². The summed E-state index contributed by atoms with van der Waals surface area (Å²) in [6.07, 6.45) is 1.01. The van der Waals surface area contributed by atoms with Crippen molar-refractivity contribution in [3.8, 4) is 0 Å². The lowest BCUT2D eigenvalue weighted by Gasteiger charge is -2.23. The van der Waals surface area contributed by atoms with E-state index in [0.717, 1.165) is 11.1 Å². The molecule has 0 fully saturated rings. The molecule has 23 heavy (non-hydrogen) atoms. The van der Waals surface area contributed by atoms with Crippen molar-refractivity contribution in [1.82, 2.24) is 0 Å². The Morgan fingerprint density at radius 2 is 1.43 bits per heavy atom. The normalized spacial score (nSPS) is 11.3. The molecule has 130 valence electrons. The standard InChI is InChI=1S/C17H24O4.C2H6/c1-16(2,14(18)19)10-12-7-6-8-13(9-12)11-17(3,4)15(20)21-5;1-2/h6-9H,10-11H2,1-5H3,(H,18,19);1-2H3. The zero-order valence-electron chi connectivity index (χ0n) is 15.4. The lowest BCUT2D eigenvalue weighted by molar-refractivity contribution is -0.150. The molecule has 0 atom stereocenters. The summed E-state index contributed by atoms with van der Waals surface area (Å²) >= 11 is 0. The summed E-state index contributed by atoms with van der Waals surface area (Å²) in [5, 5.41) is 9.20. The van der Waals surface area contributed by atoms with Crippen molar-refractivity contribution in [3.63, 3.8) is 0 Å². The van der Waals surface area contributed by atoms with Gasteiger partial charge in [0.15, 0.2) is 0 Å². The third kappa shape index (κ3) is 6.43. The van der Waals surface area contributed by atoms with Crippen LogP contribution in [0.5, 0.6) is 0 Å². The largest absolute Gasteiger partial charge is 0.481 e. The van der Waals surface area contributed by atoms with Crippen molar-refractivity contribution in [2.45, 2.75) is 54.4 Å². The monoisotopic (exact) mass is 322 g/mol. The van der Waals surface area contributed by atoms with Gasteiger partial charge in [0.25, 0.3) is 0 Å². The van der Waals surface area contributed by atoms with Gasteiger partial charge in [-0.2, -0.15) is 0 Å². The second-order valence-electron chi connectivity index (χ2n) is 6.74. The smallest absolute Gasteiger partial charge is 0.311 e. The average molecular weight is 322 g/mol. The zero-order chi connectivity index (χ0) is 18.3. The maximum atomic E-state index is 11.7. The van der Waals surface area contributed by atoms with Crippen LogP contribution in [0.1, 0.15) is 52.7 Å². The summed E-state index contributed by atoms with van der Waals surface area (Å²) in [6, 6.07) is 7.73. The third-order valence-electron chi connectivity index (χ3n) is 3.60. The summed E-state index contributed by atoms with van der Waals surface area (Å²) < 4.78 is 4.81. The molecule has 0 aliphatic rings. The van der Waals surface area contributed by atoms with Crippen molar-refractivity contribution < 1.29 is 19.4 Å². The molecule has 0 bridgehead atoms. The van der Waals surface area contributed by atoms with Crippen molar-refractivity contribution in [1.29, 1.82) is 0 Å². The van der Waals surface area contributed by atoms with Gasteiger partial charge in [0.05, 0.1) is 17.9 Å². The number of rotatable bonds is 6. The van der Waals surface area contributed by atoms with Crippen LogP contribution >= 0.6 is 0 Å². The maximum Gasteiger partial charge on any atom is 0.311 e. The highest BCUT2D eigenvalue weighted by molar-refractivity contribution is 5.76. The summed E-state index contributed by atoms with van der Waals surface area (Å²) in [6.45, 7) is 11.1. The number of carboxylic acid groups (broad SMARTS) is 1. The number of carbonyl (C=O) groups excluding carboxylic acids is 1. The molecule has 1 aromatic rings. The van der Waals surface area contributed by atoms with Crippen LogP contribution in [0.15, 0.2) is 24.3 Å². The second-order valence-corrected chi connectivity index (χ2v) is 6.74. The molecular weight excluding hydrogens is 292 g/mol. The quantitative estimate of drug-likeness (QED) is 0.801. The van der Waals surface area contributed by atoms with E-state index in [1.165, 1.54) is 7.11 Å². The van der Waals surface area contributed by atoms with Crippen LogP contribution in [0.2, 0.25) is 0 Å². The fourth-order valence-corrected chi connectivity index (χ4v) is 2.29. The molecule has 4 heteroatoms. The topological polar surface area (TPSA) is 63.6 Å². The maximum absolute atomic E-state index is 11.7. The Hall–Kier alpha value is -1.84. The van der Waals surface area contributed by atoms with Gasteiger partial charge in [-0.15, -0.1) is 0 Å². The SMILES string of the molecule is CC.COC(=O)C(C)(C)Cc1cccc(CC(C)(C)C(=O)O)c1. The minimum absolute atomic E-state index is 0.251. The minimum Gasteiger partial charge on any atom is -0.481 e. The van der Waals surface area contributed by atoms with Gasteiger partial charge in [0.1, 0.15) is 0 Å². The zero-order valence-corrected chi connectivity index (χ0v) is 15.4. The van der Waals surface area contributed by atoms with Gasteiger partial charge < -0.3 is 9.84 Å². The van der Waals surface area contributed by atoms with Crippen LogP contribution < -0.4 is 0 Å². The van der Waals surface area contributed by atoms with Crippen LogP contribution in [0.25, 0.3) is 0 Å². The molecule has 0 amide bonds.